The Morgan fingerprint density at radius 1 is 1.23 bits per heavy atom. The quantitative estimate of drug-likeness (QED) is 0.828. The van der Waals surface area contributed by atoms with Crippen LogP contribution in [0.1, 0.15) is 5.56 Å². The van der Waals surface area contributed by atoms with E-state index in [2.05, 4.69) is 15.9 Å². The van der Waals surface area contributed by atoms with Crippen LogP contribution >= 0.6 is 15.9 Å². The van der Waals surface area contributed by atoms with Crippen molar-refractivity contribution in [1.29, 1.82) is 0 Å². The molecule has 1 aliphatic rings. The van der Waals surface area contributed by atoms with E-state index >= 15 is 0 Å². The van der Waals surface area contributed by atoms with E-state index in [1.165, 1.54) is 4.31 Å². The highest BCUT2D eigenvalue weighted by molar-refractivity contribution is 9.10. The highest BCUT2D eigenvalue weighted by Crippen LogP contribution is 2.39. The summed E-state index contributed by atoms with van der Waals surface area (Å²) in [6, 6.07) is 9.99. The van der Waals surface area contributed by atoms with Crippen LogP contribution in [-0.4, -0.2) is 22.1 Å². The first kappa shape index (κ1) is 15.2. The summed E-state index contributed by atoms with van der Waals surface area (Å²) in [4.78, 5) is 0.225. The van der Waals surface area contributed by atoms with Crippen molar-refractivity contribution in [2.45, 2.75) is 11.3 Å². The summed E-state index contributed by atoms with van der Waals surface area (Å²) in [5, 5.41) is 0. The number of nitrogens with two attached hydrogens (primary N) is 1. The third-order valence-electron chi connectivity index (χ3n) is 3.66. The van der Waals surface area contributed by atoms with Crippen molar-refractivity contribution in [3.63, 3.8) is 0 Å². The van der Waals surface area contributed by atoms with Gasteiger partial charge in [-0.25, -0.2) is 8.42 Å². The summed E-state index contributed by atoms with van der Waals surface area (Å²) in [6.07, 6.45) is 0.647. The Bertz CT molecular complexity index is 819. The number of nitrogen functional groups attached to an aromatic ring is 1. The minimum absolute atomic E-state index is 0.225. The summed E-state index contributed by atoms with van der Waals surface area (Å²) in [7, 11) is -2.09. The van der Waals surface area contributed by atoms with Gasteiger partial charge in [-0.15, -0.1) is 0 Å². The molecule has 0 radical (unpaired) electrons. The molecule has 0 saturated heterocycles. The van der Waals surface area contributed by atoms with Gasteiger partial charge in [-0.1, -0.05) is 15.9 Å². The molecule has 2 aromatic carbocycles. The first-order valence-electron chi connectivity index (χ1n) is 6.68. The molecule has 0 aromatic heterocycles. The van der Waals surface area contributed by atoms with Crippen molar-refractivity contribution in [3.8, 4) is 5.75 Å². The predicted octanol–water partition coefficient (Wildman–Crippen LogP) is 2.79. The van der Waals surface area contributed by atoms with Gasteiger partial charge in [-0.2, -0.15) is 0 Å². The second-order valence-electron chi connectivity index (χ2n) is 5.01. The van der Waals surface area contributed by atoms with E-state index in [4.69, 9.17) is 10.5 Å². The number of halogens is 1. The molecule has 0 unspecified atom stereocenters. The van der Waals surface area contributed by atoms with Crippen molar-refractivity contribution < 1.29 is 13.2 Å². The smallest absolute Gasteiger partial charge is 0.264 e. The van der Waals surface area contributed by atoms with E-state index < -0.39 is 10.0 Å². The molecule has 5 nitrogen and oxygen atoms in total. The number of fused-ring (bicyclic) bond motifs is 1. The Hall–Kier alpha value is -1.73. The summed E-state index contributed by atoms with van der Waals surface area (Å²) in [5.74, 6) is 0.615. The molecule has 0 aliphatic carbocycles. The van der Waals surface area contributed by atoms with Gasteiger partial charge in [0, 0.05) is 11.0 Å². The van der Waals surface area contributed by atoms with Crippen LogP contribution in [0.4, 0.5) is 11.4 Å². The molecule has 22 heavy (non-hydrogen) atoms. The van der Waals surface area contributed by atoms with E-state index in [-0.39, 0.29) is 4.90 Å². The Morgan fingerprint density at radius 3 is 2.55 bits per heavy atom. The first-order chi connectivity index (χ1) is 10.4. The van der Waals surface area contributed by atoms with E-state index in [1.54, 1.807) is 37.4 Å². The average Bonchev–Trinajstić information content (AvgIpc) is 2.92. The molecule has 0 fully saturated rings. The fourth-order valence-corrected chi connectivity index (χ4v) is 4.67. The molecule has 0 saturated carbocycles. The molecule has 0 spiro atoms. The molecule has 0 atom stereocenters. The van der Waals surface area contributed by atoms with Crippen LogP contribution in [0.15, 0.2) is 45.8 Å². The largest absolute Gasteiger partial charge is 0.497 e. The van der Waals surface area contributed by atoms with Gasteiger partial charge in [0.25, 0.3) is 10.0 Å². The van der Waals surface area contributed by atoms with Crippen molar-refractivity contribution in [2.75, 3.05) is 23.7 Å². The SMILES string of the molecule is COc1ccc(S(=O)(=O)N2CCc3cc(Br)cc(N)c32)cc1. The maximum Gasteiger partial charge on any atom is 0.264 e. The molecule has 0 bridgehead atoms. The lowest BCUT2D eigenvalue weighted by molar-refractivity contribution is 0.414. The maximum atomic E-state index is 12.9. The molecule has 1 heterocycles. The molecular formula is C15H15BrN2O3S. The van der Waals surface area contributed by atoms with Crippen molar-refractivity contribution in [3.05, 3.63) is 46.4 Å². The second-order valence-corrected chi connectivity index (χ2v) is 7.78. The normalized spacial score (nSPS) is 14.0. The monoisotopic (exact) mass is 382 g/mol. The average molecular weight is 383 g/mol. The molecule has 7 heteroatoms. The van der Waals surface area contributed by atoms with Crippen molar-refractivity contribution >= 4 is 37.3 Å². The van der Waals surface area contributed by atoms with Crippen LogP contribution in [0.3, 0.4) is 0 Å². The molecule has 3 rings (SSSR count). The molecular weight excluding hydrogens is 368 g/mol. The molecule has 2 aromatic rings. The third-order valence-corrected chi connectivity index (χ3v) is 5.94. The van der Waals surface area contributed by atoms with Gasteiger partial charge in [0.05, 0.1) is 23.4 Å². The third kappa shape index (κ3) is 2.44. The number of ether oxygens (including phenoxy) is 1. The number of benzene rings is 2. The van der Waals surface area contributed by atoms with Crippen LogP contribution < -0.4 is 14.8 Å². The van der Waals surface area contributed by atoms with Crippen molar-refractivity contribution in [2.24, 2.45) is 0 Å². The van der Waals surface area contributed by atoms with Crippen LogP contribution in [-0.2, 0) is 16.4 Å². The molecule has 2 N–H and O–H groups in total. The van der Waals surface area contributed by atoms with Crippen LogP contribution in [0, 0.1) is 0 Å². The Kier molecular flexibility index (Phi) is 3.78. The van der Waals surface area contributed by atoms with Crippen LogP contribution in [0.5, 0.6) is 5.75 Å². The first-order valence-corrected chi connectivity index (χ1v) is 8.91. The zero-order chi connectivity index (χ0) is 15.9. The Balaban J connectivity index is 2.05. The van der Waals surface area contributed by atoms with E-state index in [1.807, 2.05) is 6.07 Å². The standard InChI is InChI=1S/C15H15BrN2O3S/c1-21-12-2-4-13(5-3-12)22(19,20)18-7-6-10-8-11(16)9-14(17)15(10)18/h2-5,8-9H,6-7,17H2,1H3. The zero-order valence-corrected chi connectivity index (χ0v) is 14.3. The zero-order valence-electron chi connectivity index (χ0n) is 11.9. The highest BCUT2D eigenvalue weighted by Gasteiger charge is 2.32. The highest BCUT2D eigenvalue weighted by atomic mass is 79.9. The lowest BCUT2D eigenvalue weighted by Gasteiger charge is -2.21. The Labute approximate surface area is 137 Å². The fourth-order valence-electron chi connectivity index (χ4n) is 2.62. The summed E-state index contributed by atoms with van der Waals surface area (Å²) < 4.78 is 33.0. The van der Waals surface area contributed by atoms with Gasteiger partial charge in [0.2, 0.25) is 0 Å². The minimum atomic E-state index is -3.63. The van der Waals surface area contributed by atoms with Crippen molar-refractivity contribution in [1.82, 2.24) is 0 Å². The molecule has 116 valence electrons. The minimum Gasteiger partial charge on any atom is -0.497 e. The van der Waals surface area contributed by atoms with E-state index in [0.717, 1.165) is 10.0 Å². The van der Waals surface area contributed by atoms with Gasteiger partial charge in [0.15, 0.2) is 0 Å². The van der Waals surface area contributed by atoms with E-state index in [0.29, 0.717) is 30.1 Å². The lowest BCUT2D eigenvalue weighted by atomic mass is 10.1. The summed E-state index contributed by atoms with van der Waals surface area (Å²) in [5.41, 5.74) is 8.00. The number of rotatable bonds is 3. The molecule has 0 amide bonds. The van der Waals surface area contributed by atoms with Crippen LogP contribution in [0.25, 0.3) is 0 Å². The number of methoxy groups -OCH3 is 1. The van der Waals surface area contributed by atoms with Gasteiger partial charge >= 0.3 is 0 Å². The number of hydrogen-bond acceptors (Lipinski definition) is 4. The van der Waals surface area contributed by atoms with E-state index in [9.17, 15) is 8.42 Å². The van der Waals surface area contributed by atoms with Gasteiger partial charge in [-0.05, 0) is 48.4 Å². The second kappa shape index (κ2) is 5.48. The number of hydrogen-bond donors (Lipinski definition) is 1. The van der Waals surface area contributed by atoms with Crippen LogP contribution in [0.2, 0.25) is 0 Å². The maximum absolute atomic E-state index is 12.9. The number of sulfonamides is 1. The predicted molar refractivity (Wildman–Crippen MR) is 89.8 cm³/mol. The lowest BCUT2D eigenvalue weighted by Crippen LogP contribution is -2.29. The number of nitrogens with zero attached hydrogens (tertiary/aromatic N) is 1. The van der Waals surface area contributed by atoms with Gasteiger partial charge < -0.3 is 10.5 Å². The van der Waals surface area contributed by atoms with Gasteiger partial charge in [-0.3, -0.25) is 4.31 Å². The molecule has 1 aliphatic heterocycles. The Morgan fingerprint density at radius 2 is 1.91 bits per heavy atom. The summed E-state index contributed by atoms with van der Waals surface area (Å²) >= 11 is 3.39. The summed E-state index contributed by atoms with van der Waals surface area (Å²) in [6.45, 7) is 0.393. The number of anilines is 2. The topological polar surface area (TPSA) is 72.6 Å². The van der Waals surface area contributed by atoms with Gasteiger partial charge in [0.1, 0.15) is 5.75 Å². The fraction of sp³-hybridized carbons (Fsp3) is 0.200.